The summed E-state index contributed by atoms with van der Waals surface area (Å²) in [6, 6.07) is 6.13. The minimum Gasteiger partial charge on any atom is -0.493 e. The summed E-state index contributed by atoms with van der Waals surface area (Å²) in [6.45, 7) is 2.08. The molecular formula is C16H24N2O2. The average Bonchev–Trinajstić information content (AvgIpc) is 2.99. The van der Waals surface area contributed by atoms with Crippen LogP contribution >= 0.6 is 0 Å². The fraction of sp³-hybridized carbons (Fsp3) is 0.625. The molecule has 1 saturated carbocycles. The zero-order valence-electron chi connectivity index (χ0n) is 12.4. The highest BCUT2D eigenvalue weighted by Crippen LogP contribution is 2.40. The van der Waals surface area contributed by atoms with E-state index in [1.54, 1.807) is 7.11 Å². The van der Waals surface area contributed by atoms with E-state index in [9.17, 15) is 0 Å². The summed E-state index contributed by atoms with van der Waals surface area (Å²) in [5.74, 6) is 1.72. The standard InChI is InChI=1S/C16H24N2O2/c1-18-9-6-13(11-18)20-14-5-3-4-12(15(14)19-2)10-16(17)7-8-16/h3-5,13H,6-11,17H2,1-2H3. The summed E-state index contributed by atoms with van der Waals surface area (Å²) in [5.41, 5.74) is 7.38. The molecule has 1 aliphatic carbocycles. The number of nitrogens with zero attached hydrogens (tertiary/aromatic N) is 1. The number of benzene rings is 1. The fourth-order valence-electron chi connectivity index (χ4n) is 2.91. The van der Waals surface area contributed by atoms with Gasteiger partial charge in [0.15, 0.2) is 11.5 Å². The highest BCUT2D eigenvalue weighted by atomic mass is 16.5. The van der Waals surface area contributed by atoms with E-state index in [4.69, 9.17) is 15.2 Å². The van der Waals surface area contributed by atoms with Crippen LogP contribution in [0.4, 0.5) is 0 Å². The molecule has 0 amide bonds. The van der Waals surface area contributed by atoms with Gasteiger partial charge in [-0.3, -0.25) is 0 Å². The van der Waals surface area contributed by atoms with Gasteiger partial charge >= 0.3 is 0 Å². The number of methoxy groups -OCH3 is 1. The van der Waals surface area contributed by atoms with Crippen molar-refractivity contribution in [1.82, 2.24) is 4.90 Å². The monoisotopic (exact) mass is 276 g/mol. The van der Waals surface area contributed by atoms with Gasteiger partial charge in [-0.25, -0.2) is 0 Å². The van der Waals surface area contributed by atoms with E-state index >= 15 is 0 Å². The molecule has 1 atom stereocenters. The molecule has 1 heterocycles. The lowest BCUT2D eigenvalue weighted by Gasteiger charge is -2.19. The van der Waals surface area contributed by atoms with Crippen LogP contribution in [0.5, 0.6) is 11.5 Å². The van der Waals surface area contributed by atoms with Crippen molar-refractivity contribution in [2.45, 2.75) is 37.3 Å². The van der Waals surface area contributed by atoms with Crippen LogP contribution < -0.4 is 15.2 Å². The lowest BCUT2D eigenvalue weighted by Crippen LogP contribution is -2.25. The molecule has 4 nitrogen and oxygen atoms in total. The number of nitrogens with two attached hydrogens (primary N) is 1. The summed E-state index contributed by atoms with van der Waals surface area (Å²) < 4.78 is 11.7. The summed E-state index contributed by atoms with van der Waals surface area (Å²) in [4.78, 5) is 2.29. The predicted octanol–water partition coefficient (Wildman–Crippen LogP) is 1.81. The van der Waals surface area contributed by atoms with Crippen molar-refractivity contribution in [3.05, 3.63) is 23.8 Å². The molecule has 1 aromatic carbocycles. The summed E-state index contributed by atoms with van der Waals surface area (Å²) in [7, 11) is 3.84. The highest BCUT2D eigenvalue weighted by molar-refractivity contribution is 5.48. The SMILES string of the molecule is COc1c(CC2(N)CC2)cccc1OC1CCN(C)C1. The first kappa shape index (κ1) is 13.7. The van der Waals surface area contributed by atoms with Gasteiger partial charge in [0, 0.05) is 18.6 Å². The number of hydrogen-bond donors (Lipinski definition) is 1. The first-order valence-corrected chi connectivity index (χ1v) is 7.40. The van der Waals surface area contributed by atoms with Crippen molar-refractivity contribution >= 4 is 0 Å². The van der Waals surface area contributed by atoms with Crippen LogP contribution in [0.2, 0.25) is 0 Å². The van der Waals surface area contributed by atoms with E-state index in [0.717, 1.165) is 55.8 Å². The molecule has 0 bridgehead atoms. The van der Waals surface area contributed by atoms with Gasteiger partial charge in [0.1, 0.15) is 6.10 Å². The van der Waals surface area contributed by atoms with Crippen LogP contribution in [0, 0.1) is 0 Å². The van der Waals surface area contributed by atoms with Crippen molar-refractivity contribution in [3.63, 3.8) is 0 Å². The van der Waals surface area contributed by atoms with Gasteiger partial charge in [-0.15, -0.1) is 0 Å². The Morgan fingerprint density at radius 3 is 2.80 bits per heavy atom. The molecular weight excluding hydrogens is 252 g/mol. The van der Waals surface area contributed by atoms with Crippen LogP contribution in [0.15, 0.2) is 18.2 Å². The van der Waals surface area contributed by atoms with Crippen molar-refractivity contribution < 1.29 is 9.47 Å². The molecule has 0 aromatic heterocycles. The molecule has 3 rings (SSSR count). The van der Waals surface area contributed by atoms with E-state index < -0.39 is 0 Å². The Kier molecular flexibility index (Phi) is 3.61. The molecule has 4 heteroatoms. The highest BCUT2D eigenvalue weighted by Gasteiger charge is 2.39. The third kappa shape index (κ3) is 2.91. The van der Waals surface area contributed by atoms with E-state index in [1.165, 1.54) is 0 Å². The van der Waals surface area contributed by atoms with E-state index in [-0.39, 0.29) is 11.6 Å². The Morgan fingerprint density at radius 2 is 2.20 bits per heavy atom. The maximum atomic E-state index is 6.23. The van der Waals surface area contributed by atoms with Gasteiger partial charge in [0.2, 0.25) is 0 Å². The molecule has 2 N–H and O–H groups in total. The predicted molar refractivity (Wildman–Crippen MR) is 79.4 cm³/mol. The van der Waals surface area contributed by atoms with Crippen molar-refractivity contribution in [3.8, 4) is 11.5 Å². The van der Waals surface area contributed by atoms with Crippen molar-refractivity contribution in [1.29, 1.82) is 0 Å². The first-order chi connectivity index (χ1) is 9.59. The van der Waals surface area contributed by atoms with E-state index in [2.05, 4.69) is 18.0 Å². The average molecular weight is 276 g/mol. The maximum Gasteiger partial charge on any atom is 0.163 e. The number of likely N-dealkylation sites (tertiary alicyclic amines) is 1. The van der Waals surface area contributed by atoms with Crippen molar-refractivity contribution in [2.75, 3.05) is 27.2 Å². The number of ether oxygens (including phenoxy) is 2. The van der Waals surface area contributed by atoms with Gasteiger partial charge < -0.3 is 20.1 Å². The molecule has 1 unspecified atom stereocenters. The van der Waals surface area contributed by atoms with Gasteiger partial charge in [-0.2, -0.15) is 0 Å². The van der Waals surface area contributed by atoms with Crippen molar-refractivity contribution in [2.24, 2.45) is 5.73 Å². The van der Waals surface area contributed by atoms with Crippen LogP contribution in [0.25, 0.3) is 0 Å². The molecule has 2 aliphatic rings. The normalized spacial score (nSPS) is 24.6. The smallest absolute Gasteiger partial charge is 0.163 e. The molecule has 0 radical (unpaired) electrons. The lowest BCUT2D eigenvalue weighted by atomic mass is 10.0. The molecule has 110 valence electrons. The number of hydrogen-bond acceptors (Lipinski definition) is 4. The van der Waals surface area contributed by atoms with Gasteiger partial charge in [0.25, 0.3) is 0 Å². The topological polar surface area (TPSA) is 47.7 Å². The quantitative estimate of drug-likeness (QED) is 0.891. The Balaban J connectivity index is 1.77. The maximum absolute atomic E-state index is 6.23. The van der Waals surface area contributed by atoms with Crippen LogP contribution in [-0.4, -0.2) is 43.8 Å². The third-order valence-corrected chi connectivity index (χ3v) is 4.34. The molecule has 0 spiro atoms. The number of rotatable bonds is 5. The van der Waals surface area contributed by atoms with Crippen LogP contribution in [0.1, 0.15) is 24.8 Å². The molecule has 1 saturated heterocycles. The number of para-hydroxylation sites is 1. The second kappa shape index (κ2) is 5.26. The Hall–Kier alpha value is -1.26. The zero-order chi connectivity index (χ0) is 14.2. The van der Waals surface area contributed by atoms with Crippen LogP contribution in [-0.2, 0) is 6.42 Å². The second-order valence-electron chi connectivity index (χ2n) is 6.28. The number of likely N-dealkylation sites (N-methyl/N-ethyl adjacent to an activating group) is 1. The summed E-state index contributed by atoms with van der Waals surface area (Å²) in [5, 5.41) is 0. The van der Waals surface area contributed by atoms with Gasteiger partial charge in [0.05, 0.1) is 7.11 Å². The lowest BCUT2D eigenvalue weighted by molar-refractivity contribution is 0.199. The Morgan fingerprint density at radius 1 is 1.40 bits per heavy atom. The fourth-order valence-corrected chi connectivity index (χ4v) is 2.91. The first-order valence-electron chi connectivity index (χ1n) is 7.40. The zero-order valence-corrected chi connectivity index (χ0v) is 12.4. The third-order valence-electron chi connectivity index (χ3n) is 4.34. The molecule has 2 fully saturated rings. The molecule has 20 heavy (non-hydrogen) atoms. The summed E-state index contributed by atoms with van der Waals surface area (Å²) in [6.07, 6.45) is 4.42. The largest absolute Gasteiger partial charge is 0.493 e. The second-order valence-corrected chi connectivity index (χ2v) is 6.28. The van der Waals surface area contributed by atoms with Crippen LogP contribution in [0.3, 0.4) is 0 Å². The van der Waals surface area contributed by atoms with Gasteiger partial charge in [-0.05, 0) is 44.4 Å². The van der Waals surface area contributed by atoms with E-state index in [0.29, 0.717) is 0 Å². The molecule has 1 aliphatic heterocycles. The Labute approximate surface area is 120 Å². The molecule has 1 aromatic rings. The minimum atomic E-state index is -0.0144. The Bertz CT molecular complexity index is 485. The van der Waals surface area contributed by atoms with Gasteiger partial charge in [-0.1, -0.05) is 12.1 Å². The van der Waals surface area contributed by atoms with E-state index in [1.807, 2.05) is 12.1 Å². The minimum absolute atomic E-state index is 0.0144. The summed E-state index contributed by atoms with van der Waals surface area (Å²) >= 11 is 0.